The number of nitrogens with zero attached hydrogens (tertiary/aromatic N) is 3. The predicted molar refractivity (Wildman–Crippen MR) is 68.3 cm³/mol. The molecule has 2 N–H and O–H groups in total. The van der Waals surface area contributed by atoms with Crippen LogP contribution in [0, 0.1) is 11.7 Å². The van der Waals surface area contributed by atoms with Gasteiger partial charge in [0.2, 0.25) is 4.77 Å². The van der Waals surface area contributed by atoms with E-state index in [1.165, 1.54) is 17.0 Å². The monoisotopic (exact) mass is 268 g/mol. The number of hydrogen-bond acceptors (Lipinski definition) is 4. The Morgan fingerprint density at radius 2 is 2.35 bits per heavy atom. The highest BCUT2D eigenvalue weighted by Crippen LogP contribution is 2.19. The molecule has 17 heavy (non-hydrogen) atoms. The number of aromatic hydroxyl groups is 1. The van der Waals surface area contributed by atoms with Crippen LogP contribution in [0.5, 0.6) is 5.75 Å². The molecule has 1 heterocycles. The highest BCUT2D eigenvalue weighted by Gasteiger charge is 2.01. The number of hydrogen-bond donors (Lipinski definition) is 2. The number of aromatic amines is 1. The number of aryl methyl sites for hydroxylation is 1. The second-order valence-corrected chi connectivity index (χ2v) is 4.16. The summed E-state index contributed by atoms with van der Waals surface area (Å²) in [7, 11) is 0. The Kier molecular flexibility index (Phi) is 3.26. The van der Waals surface area contributed by atoms with E-state index in [4.69, 9.17) is 23.8 Å². The summed E-state index contributed by atoms with van der Waals surface area (Å²) in [6.45, 7) is 1.77. The van der Waals surface area contributed by atoms with Gasteiger partial charge in [0.25, 0.3) is 0 Å². The van der Waals surface area contributed by atoms with Gasteiger partial charge in [-0.15, -0.1) is 0 Å². The lowest BCUT2D eigenvalue weighted by atomic mass is 10.2. The first-order chi connectivity index (χ1) is 8.08. The zero-order valence-corrected chi connectivity index (χ0v) is 10.5. The molecule has 5 nitrogen and oxygen atoms in total. The highest BCUT2D eigenvalue weighted by atomic mass is 35.5. The smallest absolute Gasteiger partial charge is 0.216 e. The van der Waals surface area contributed by atoms with Crippen LogP contribution in [-0.4, -0.2) is 26.2 Å². The molecule has 2 aromatic rings. The minimum absolute atomic E-state index is 0.103. The van der Waals surface area contributed by atoms with Crippen LogP contribution in [0.1, 0.15) is 11.4 Å². The van der Waals surface area contributed by atoms with Crippen molar-refractivity contribution >= 4 is 30.0 Å². The summed E-state index contributed by atoms with van der Waals surface area (Å²) in [6.07, 6.45) is 1.47. The topological polar surface area (TPSA) is 66.2 Å². The van der Waals surface area contributed by atoms with Gasteiger partial charge in [0.05, 0.1) is 6.21 Å². The SMILES string of the molecule is Cc1n[nH]c(=S)n1/N=C\c1cc(Cl)ccc1O. The molecule has 0 radical (unpaired) electrons. The molecule has 0 bridgehead atoms. The molecule has 0 amide bonds. The van der Waals surface area contributed by atoms with Crippen LogP contribution in [0.4, 0.5) is 0 Å². The number of benzene rings is 1. The number of phenols is 1. The maximum atomic E-state index is 9.59. The van der Waals surface area contributed by atoms with Crippen molar-refractivity contribution in [2.45, 2.75) is 6.92 Å². The van der Waals surface area contributed by atoms with Crippen LogP contribution in [0.3, 0.4) is 0 Å². The third-order valence-corrected chi connectivity index (χ3v) is 2.61. The van der Waals surface area contributed by atoms with E-state index in [9.17, 15) is 5.11 Å². The van der Waals surface area contributed by atoms with E-state index in [0.717, 1.165) is 0 Å². The molecule has 0 unspecified atom stereocenters. The first-order valence-corrected chi connectivity index (χ1v) is 5.53. The Morgan fingerprint density at radius 1 is 1.59 bits per heavy atom. The Bertz CT molecular complexity index is 631. The number of aromatic nitrogens is 3. The minimum atomic E-state index is 0.103. The summed E-state index contributed by atoms with van der Waals surface area (Å²) in [5, 5.41) is 20.8. The van der Waals surface area contributed by atoms with Crippen molar-refractivity contribution in [1.82, 2.24) is 14.9 Å². The summed E-state index contributed by atoms with van der Waals surface area (Å²) in [4.78, 5) is 0. The molecule has 0 saturated heterocycles. The maximum Gasteiger partial charge on any atom is 0.216 e. The van der Waals surface area contributed by atoms with E-state index in [2.05, 4.69) is 15.3 Å². The summed E-state index contributed by atoms with van der Waals surface area (Å²) in [6, 6.07) is 4.72. The van der Waals surface area contributed by atoms with Crippen molar-refractivity contribution in [3.63, 3.8) is 0 Å². The van der Waals surface area contributed by atoms with Crippen LogP contribution in [0.25, 0.3) is 0 Å². The Balaban J connectivity index is 2.39. The van der Waals surface area contributed by atoms with Gasteiger partial charge < -0.3 is 5.11 Å². The van der Waals surface area contributed by atoms with E-state index in [0.29, 0.717) is 21.2 Å². The lowest BCUT2D eigenvalue weighted by Crippen LogP contribution is -1.94. The molecule has 0 atom stereocenters. The van der Waals surface area contributed by atoms with Gasteiger partial charge in [-0.1, -0.05) is 11.6 Å². The van der Waals surface area contributed by atoms with Crippen LogP contribution < -0.4 is 0 Å². The molecule has 1 aromatic heterocycles. The molecule has 7 heteroatoms. The first kappa shape index (κ1) is 11.8. The molecule has 0 saturated carbocycles. The van der Waals surface area contributed by atoms with Gasteiger partial charge in [0.15, 0.2) is 0 Å². The van der Waals surface area contributed by atoms with Crippen molar-refractivity contribution in [2.24, 2.45) is 5.10 Å². The van der Waals surface area contributed by atoms with Crippen molar-refractivity contribution < 1.29 is 5.11 Å². The first-order valence-electron chi connectivity index (χ1n) is 4.75. The van der Waals surface area contributed by atoms with E-state index >= 15 is 0 Å². The molecule has 0 aliphatic rings. The molecular weight excluding hydrogens is 260 g/mol. The second kappa shape index (κ2) is 4.68. The van der Waals surface area contributed by atoms with Gasteiger partial charge in [-0.25, -0.2) is 0 Å². The fourth-order valence-corrected chi connectivity index (χ4v) is 1.66. The molecule has 2 rings (SSSR count). The van der Waals surface area contributed by atoms with Gasteiger partial charge in [-0.05, 0) is 37.3 Å². The Hall–Kier alpha value is -1.66. The minimum Gasteiger partial charge on any atom is -0.507 e. The standard InChI is InChI=1S/C10H9ClN4OS/c1-6-13-14-10(17)15(6)12-5-7-4-8(11)2-3-9(7)16/h2-5,16H,1H3,(H,14,17)/b12-5-. The van der Waals surface area contributed by atoms with Crippen molar-refractivity contribution in [3.05, 3.63) is 39.4 Å². The normalized spacial score (nSPS) is 11.2. The van der Waals surface area contributed by atoms with Gasteiger partial charge in [-0.2, -0.15) is 14.9 Å². The van der Waals surface area contributed by atoms with E-state index in [1.54, 1.807) is 19.1 Å². The molecular formula is C10H9ClN4OS. The van der Waals surface area contributed by atoms with E-state index in [1.807, 2.05) is 0 Å². The van der Waals surface area contributed by atoms with Crippen LogP contribution >= 0.6 is 23.8 Å². The third kappa shape index (κ3) is 2.54. The van der Waals surface area contributed by atoms with E-state index < -0.39 is 0 Å². The number of phenolic OH excluding ortho intramolecular Hbond substituents is 1. The fourth-order valence-electron chi connectivity index (χ4n) is 1.26. The van der Waals surface area contributed by atoms with Gasteiger partial charge in [0.1, 0.15) is 11.6 Å². The van der Waals surface area contributed by atoms with E-state index in [-0.39, 0.29) is 5.75 Å². The molecule has 0 aliphatic carbocycles. The number of rotatable bonds is 2. The zero-order valence-electron chi connectivity index (χ0n) is 8.88. The molecule has 0 fully saturated rings. The summed E-state index contributed by atoms with van der Waals surface area (Å²) in [5.74, 6) is 0.735. The summed E-state index contributed by atoms with van der Waals surface area (Å²) in [5.41, 5.74) is 0.514. The average molecular weight is 269 g/mol. The largest absolute Gasteiger partial charge is 0.507 e. The van der Waals surface area contributed by atoms with Crippen molar-refractivity contribution in [2.75, 3.05) is 0 Å². The van der Waals surface area contributed by atoms with Gasteiger partial charge >= 0.3 is 0 Å². The molecule has 88 valence electrons. The number of H-pyrrole nitrogens is 1. The predicted octanol–water partition coefficient (Wildman–Crippen LogP) is 2.49. The number of nitrogens with one attached hydrogen (secondary N) is 1. The maximum absolute atomic E-state index is 9.59. The van der Waals surface area contributed by atoms with Crippen LogP contribution in [-0.2, 0) is 0 Å². The second-order valence-electron chi connectivity index (χ2n) is 3.34. The van der Waals surface area contributed by atoms with Crippen LogP contribution in [0.2, 0.25) is 5.02 Å². The average Bonchev–Trinajstić information content (AvgIpc) is 2.61. The Labute approximate surface area is 107 Å². The lowest BCUT2D eigenvalue weighted by molar-refractivity contribution is 0.474. The number of halogens is 1. The highest BCUT2D eigenvalue weighted by molar-refractivity contribution is 7.71. The third-order valence-electron chi connectivity index (χ3n) is 2.11. The quantitative estimate of drug-likeness (QED) is 0.650. The van der Waals surface area contributed by atoms with Gasteiger partial charge in [0, 0.05) is 10.6 Å². The zero-order chi connectivity index (χ0) is 12.4. The Morgan fingerprint density at radius 3 is 3.00 bits per heavy atom. The van der Waals surface area contributed by atoms with Gasteiger partial charge in [-0.3, -0.25) is 5.10 Å². The fraction of sp³-hybridized carbons (Fsp3) is 0.100. The summed E-state index contributed by atoms with van der Waals surface area (Å²) >= 11 is 10.8. The van der Waals surface area contributed by atoms with Crippen molar-refractivity contribution in [1.29, 1.82) is 0 Å². The lowest BCUT2D eigenvalue weighted by Gasteiger charge is -1.99. The van der Waals surface area contributed by atoms with Crippen molar-refractivity contribution in [3.8, 4) is 5.75 Å². The molecule has 1 aromatic carbocycles. The molecule has 0 aliphatic heterocycles. The molecule has 0 spiro atoms. The summed E-state index contributed by atoms with van der Waals surface area (Å²) < 4.78 is 1.84. The van der Waals surface area contributed by atoms with Crippen LogP contribution in [0.15, 0.2) is 23.3 Å².